The van der Waals surface area contributed by atoms with Crippen LogP contribution in [0.25, 0.3) is 10.6 Å². The second kappa shape index (κ2) is 6.83. The number of aliphatic hydroxyl groups excluding tert-OH is 1. The molecule has 0 fully saturated rings. The molecule has 0 saturated carbocycles. The highest BCUT2D eigenvalue weighted by Gasteiger charge is 2.15. The summed E-state index contributed by atoms with van der Waals surface area (Å²) < 4.78 is 0. The molecule has 1 aromatic heterocycles. The van der Waals surface area contributed by atoms with E-state index in [1.165, 1.54) is 0 Å². The maximum Gasteiger partial charge on any atom is 0.251 e. The lowest BCUT2D eigenvalue weighted by molar-refractivity contribution is 0.0916. The normalized spacial score (nSPS) is 13.7. The quantitative estimate of drug-likeness (QED) is 0.893. The summed E-state index contributed by atoms with van der Waals surface area (Å²) in [6.45, 7) is 5.82. The Hall–Kier alpha value is -1.72. The van der Waals surface area contributed by atoms with Gasteiger partial charge in [-0.15, -0.1) is 11.3 Å². The third kappa shape index (κ3) is 3.89. The van der Waals surface area contributed by atoms with Crippen molar-refractivity contribution in [2.45, 2.75) is 26.8 Å². The van der Waals surface area contributed by atoms with Gasteiger partial charge < -0.3 is 10.4 Å². The summed E-state index contributed by atoms with van der Waals surface area (Å²) in [6, 6.07) is 7.36. The first-order valence-corrected chi connectivity index (χ1v) is 7.83. The van der Waals surface area contributed by atoms with Gasteiger partial charge in [-0.25, -0.2) is 4.98 Å². The highest BCUT2D eigenvalue weighted by atomic mass is 32.1. The van der Waals surface area contributed by atoms with Crippen LogP contribution in [0.3, 0.4) is 0 Å². The Morgan fingerprint density at radius 2 is 2.00 bits per heavy atom. The SMILES string of the molecule is Cc1csc(-c2ccc(C(=O)NC(C)C(C)CO)cc2)n1. The van der Waals surface area contributed by atoms with Crippen molar-refractivity contribution in [2.24, 2.45) is 5.92 Å². The van der Waals surface area contributed by atoms with Gasteiger partial charge in [0.1, 0.15) is 5.01 Å². The Morgan fingerprint density at radius 3 is 2.52 bits per heavy atom. The van der Waals surface area contributed by atoms with Gasteiger partial charge in [-0.2, -0.15) is 0 Å². The Morgan fingerprint density at radius 1 is 1.33 bits per heavy atom. The Balaban J connectivity index is 2.06. The molecule has 21 heavy (non-hydrogen) atoms. The maximum atomic E-state index is 12.1. The Bertz CT molecular complexity index is 607. The minimum absolute atomic E-state index is 0.0338. The van der Waals surface area contributed by atoms with E-state index in [1.807, 2.05) is 38.3 Å². The van der Waals surface area contributed by atoms with Gasteiger partial charge >= 0.3 is 0 Å². The fourth-order valence-electron chi connectivity index (χ4n) is 1.84. The van der Waals surface area contributed by atoms with E-state index >= 15 is 0 Å². The summed E-state index contributed by atoms with van der Waals surface area (Å²) >= 11 is 1.59. The first kappa shape index (κ1) is 15.7. The minimum atomic E-state index is -0.121. The Labute approximate surface area is 128 Å². The third-order valence-electron chi connectivity index (χ3n) is 3.51. The number of amides is 1. The summed E-state index contributed by atoms with van der Waals surface area (Å²) in [6.07, 6.45) is 0. The van der Waals surface area contributed by atoms with Gasteiger partial charge in [0.15, 0.2) is 0 Å². The van der Waals surface area contributed by atoms with Gasteiger partial charge in [-0.1, -0.05) is 19.1 Å². The second-order valence-electron chi connectivity index (χ2n) is 5.29. The average molecular weight is 304 g/mol. The van der Waals surface area contributed by atoms with E-state index in [9.17, 15) is 4.79 Å². The van der Waals surface area contributed by atoms with E-state index in [-0.39, 0.29) is 24.5 Å². The van der Waals surface area contributed by atoms with Crippen LogP contribution < -0.4 is 5.32 Å². The number of carbonyl (C=O) groups excluding carboxylic acids is 1. The molecular weight excluding hydrogens is 284 g/mol. The van der Waals surface area contributed by atoms with Crippen molar-refractivity contribution >= 4 is 17.2 Å². The van der Waals surface area contributed by atoms with Crippen LogP contribution in [0.4, 0.5) is 0 Å². The summed E-state index contributed by atoms with van der Waals surface area (Å²) in [5, 5.41) is 15.0. The third-order valence-corrected chi connectivity index (χ3v) is 4.52. The van der Waals surface area contributed by atoms with Gasteiger partial charge in [-0.3, -0.25) is 4.79 Å². The molecular formula is C16H20N2O2S. The first-order valence-electron chi connectivity index (χ1n) is 6.95. The lowest BCUT2D eigenvalue weighted by Gasteiger charge is -2.19. The van der Waals surface area contributed by atoms with Crippen molar-refractivity contribution in [1.82, 2.24) is 10.3 Å². The summed E-state index contributed by atoms with van der Waals surface area (Å²) in [4.78, 5) is 16.5. The molecule has 0 aliphatic rings. The van der Waals surface area contributed by atoms with Crippen molar-refractivity contribution in [3.05, 3.63) is 40.9 Å². The first-order chi connectivity index (χ1) is 10.0. The van der Waals surface area contributed by atoms with E-state index in [4.69, 9.17) is 5.11 Å². The molecule has 0 spiro atoms. The van der Waals surface area contributed by atoms with Crippen LogP contribution in [-0.4, -0.2) is 28.6 Å². The van der Waals surface area contributed by atoms with Gasteiger partial charge in [0, 0.05) is 34.8 Å². The van der Waals surface area contributed by atoms with Crippen LogP contribution in [0.5, 0.6) is 0 Å². The maximum absolute atomic E-state index is 12.1. The van der Waals surface area contributed by atoms with Crippen LogP contribution >= 0.6 is 11.3 Å². The lowest BCUT2D eigenvalue weighted by atomic mass is 10.0. The van der Waals surface area contributed by atoms with Crippen LogP contribution in [0.1, 0.15) is 29.9 Å². The number of nitrogens with one attached hydrogen (secondary N) is 1. The average Bonchev–Trinajstić information content (AvgIpc) is 2.93. The number of nitrogens with zero attached hydrogens (tertiary/aromatic N) is 1. The molecule has 2 N–H and O–H groups in total. The van der Waals surface area contributed by atoms with E-state index in [2.05, 4.69) is 10.3 Å². The topological polar surface area (TPSA) is 62.2 Å². The fraction of sp³-hybridized carbons (Fsp3) is 0.375. The molecule has 5 heteroatoms. The highest BCUT2D eigenvalue weighted by molar-refractivity contribution is 7.13. The molecule has 0 radical (unpaired) electrons. The minimum Gasteiger partial charge on any atom is -0.396 e. The number of hydrogen-bond acceptors (Lipinski definition) is 4. The largest absolute Gasteiger partial charge is 0.396 e. The second-order valence-corrected chi connectivity index (χ2v) is 6.15. The molecule has 2 aromatic rings. The van der Waals surface area contributed by atoms with E-state index in [1.54, 1.807) is 23.5 Å². The number of rotatable bonds is 5. The number of carbonyl (C=O) groups is 1. The van der Waals surface area contributed by atoms with Crippen LogP contribution in [-0.2, 0) is 0 Å². The predicted molar refractivity (Wildman–Crippen MR) is 85.5 cm³/mol. The molecule has 0 saturated heterocycles. The number of thiazole rings is 1. The van der Waals surface area contributed by atoms with Crippen molar-refractivity contribution in [1.29, 1.82) is 0 Å². The standard InChI is InChI=1S/C16H20N2O2S/c1-10(8-19)12(3)18-15(20)13-4-6-14(7-5-13)16-17-11(2)9-21-16/h4-7,9-10,12,19H,8H2,1-3H3,(H,18,20). The molecule has 2 atom stereocenters. The molecule has 0 aliphatic carbocycles. The molecule has 112 valence electrons. The van der Waals surface area contributed by atoms with Crippen LogP contribution in [0.2, 0.25) is 0 Å². The van der Waals surface area contributed by atoms with Gasteiger partial charge in [0.25, 0.3) is 5.91 Å². The zero-order valence-electron chi connectivity index (χ0n) is 12.5. The lowest BCUT2D eigenvalue weighted by Crippen LogP contribution is -2.38. The zero-order valence-corrected chi connectivity index (χ0v) is 13.3. The van der Waals surface area contributed by atoms with Gasteiger partial charge in [-0.05, 0) is 31.9 Å². The van der Waals surface area contributed by atoms with Crippen molar-refractivity contribution in [3.63, 3.8) is 0 Å². The number of aliphatic hydroxyl groups is 1. The van der Waals surface area contributed by atoms with Crippen LogP contribution in [0.15, 0.2) is 29.6 Å². The van der Waals surface area contributed by atoms with Crippen LogP contribution in [0, 0.1) is 12.8 Å². The summed E-state index contributed by atoms with van der Waals surface area (Å²) in [5.74, 6) is -0.0869. The number of hydrogen-bond donors (Lipinski definition) is 2. The molecule has 4 nitrogen and oxygen atoms in total. The highest BCUT2D eigenvalue weighted by Crippen LogP contribution is 2.23. The van der Waals surface area contributed by atoms with E-state index < -0.39 is 0 Å². The van der Waals surface area contributed by atoms with E-state index in [0.717, 1.165) is 16.3 Å². The summed E-state index contributed by atoms with van der Waals surface area (Å²) in [5.41, 5.74) is 2.63. The zero-order chi connectivity index (χ0) is 15.4. The molecule has 1 heterocycles. The van der Waals surface area contributed by atoms with Crippen molar-refractivity contribution < 1.29 is 9.90 Å². The summed E-state index contributed by atoms with van der Waals surface area (Å²) in [7, 11) is 0. The van der Waals surface area contributed by atoms with Crippen molar-refractivity contribution in [3.8, 4) is 10.6 Å². The van der Waals surface area contributed by atoms with Gasteiger partial charge in [0.05, 0.1) is 0 Å². The molecule has 0 bridgehead atoms. The number of aromatic nitrogens is 1. The van der Waals surface area contributed by atoms with Crippen molar-refractivity contribution in [2.75, 3.05) is 6.61 Å². The molecule has 2 unspecified atom stereocenters. The number of aryl methyl sites for hydroxylation is 1. The monoisotopic (exact) mass is 304 g/mol. The smallest absolute Gasteiger partial charge is 0.251 e. The molecule has 1 aromatic carbocycles. The molecule has 1 amide bonds. The molecule has 2 rings (SSSR count). The predicted octanol–water partition coefficient (Wildman–Crippen LogP) is 2.87. The number of benzene rings is 1. The molecule has 0 aliphatic heterocycles. The fourth-order valence-corrected chi connectivity index (χ4v) is 2.64. The van der Waals surface area contributed by atoms with Gasteiger partial charge in [0.2, 0.25) is 0 Å². The Kier molecular flexibility index (Phi) is 5.09. The van der Waals surface area contributed by atoms with E-state index in [0.29, 0.717) is 5.56 Å².